The molecule has 0 saturated carbocycles. The first kappa shape index (κ1) is 25.8. The second-order valence-corrected chi connectivity index (χ2v) is 10.9. The molecule has 0 saturated heterocycles. The van der Waals surface area contributed by atoms with Gasteiger partial charge in [0.25, 0.3) is 0 Å². The fraction of sp³-hybridized carbons (Fsp3) is 0.0250. The summed E-state index contributed by atoms with van der Waals surface area (Å²) in [5, 5.41) is 1.06. The Hall–Kier alpha value is -5.87. The predicted octanol–water partition coefficient (Wildman–Crippen LogP) is 10.5. The van der Waals surface area contributed by atoms with Gasteiger partial charge in [0, 0.05) is 22.4 Å². The molecule has 0 atom stereocenters. The average molecular weight is 565 g/mol. The summed E-state index contributed by atoms with van der Waals surface area (Å²) in [6.45, 7) is 1.99. The molecule has 4 heteroatoms. The number of anilines is 3. The van der Waals surface area contributed by atoms with E-state index in [1.165, 1.54) is 0 Å². The van der Waals surface area contributed by atoms with Gasteiger partial charge in [-0.05, 0) is 66.6 Å². The van der Waals surface area contributed by atoms with Crippen LogP contribution in [0.25, 0.3) is 61.9 Å². The second kappa shape index (κ2) is 10.8. The van der Waals surface area contributed by atoms with E-state index >= 15 is 0 Å². The zero-order valence-electron chi connectivity index (χ0n) is 24.2. The SMILES string of the molecule is C/C=C/c1nc2c3c(cccc3n1)N(c1cccc(-c3cc(-c4ccccc4)cc(-c4ccccc4)n3)c1)c1ccccc1-2. The molecule has 0 aliphatic carbocycles. The highest BCUT2D eigenvalue weighted by atomic mass is 15.2. The molecule has 2 aromatic heterocycles. The van der Waals surface area contributed by atoms with E-state index in [2.05, 4.69) is 138 Å². The summed E-state index contributed by atoms with van der Waals surface area (Å²) >= 11 is 0. The third kappa shape index (κ3) is 4.45. The maximum Gasteiger partial charge on any atom is 0.152 e. The topological polar surface area (TPSA) is 41.9 Å². The summed E-state index contributed by atoms with van der Waals surface area (Å²) in [4.78, 5) is 17.4. The first-order valence-electron chi connectivity index (χ1n) is 14.8. The fourth-order valence-corrected chi connectivity index (χ4v) is 6.10. The lowest BCUT2D eigenvalue weighted by atomic mass is 9.96. The number of aromatic nitrogens is 3. The lowest BCUT2D eigenvalue weighted by molar-refractivity contribution is 1.16. The van der Waals surface area contributed by atoms with Crippen LogP contribution in [0.4, 0.5) is 17.1 Å². The molecular formula is C40H28N4. The molecule has 0 amide bonds. The van der Waals surface area contributed by atoms with Gasteiger partial charge in [-0.2, -0.15) is 0 Å². The van der Waals surface area contributed by atoms with E-state index in [4.69, 9.17) is 15.0 Å². The molecule has 0 spiro atoms. The summed E-state index contributed by atoms with van der Waals surface area (Å²) in [6, 6.07) is 48.7. The zero-order chi connectivity index (χ0) is 29.5. The molecule has 8 rings (SSSR count). The molecule has 3 heterocycles. The Labute approximate surface area is 256 Å². The summed E-state index contributed by atoms with van der Waals surface area (Å²) in [7, 11) is 0. The van der Waals surface area contributed by atoms with Crippen LogP contribution in [0.2, 0.25) is 0 Å². The molecule has 4 nitrogen and oxygen atoms in total. The van der Waals surface area contributed by atoms with Crippen LogP contribution in [-0.4, -0.2) is 15.0 Å². The van der Waals surface area contributed by atoms with Crippen molar-refractivity contribution in [3.63, 3.8) is 0 Å². The van der Waals surface area contributed by atoms with E-state index < -0.39 is 0 Å². The summed E-state index contributed by atoms with van der Waals surface area (Å²) in [6.07, 6.45) is 3.94. The van der Waals surface area contributed by atoms with Crippen molar-refractivity contribution in [2.75, 3.05) is 4.90 Å². The van der Waals surface area contributed by atoms with Crippen LogP contribution in [0, 0.1) is 0 Å². The van der Waals surface area contributed by atoms with Crippen LogP contribution in [0.1, 0.15) is 12.7 Å². The van der Waals surface area contributed by atoms with Gasteiger partial charge in [-0.15, -0.1) is 0 Å². The monoisotopic (exact) mass is 564 g/mol. The lowest BCUT2D eigenvalue weighted by Crippen LogP contribution is -2.16. The molecule has 0 fully saturated rings. The Morgan fingerprint density at radius 3 is 1.98 bits per heavy atom. The van der Waals surface area contributed by atoms with Crippen molar-refractivity contribution in [2.45, 2.75) is 6.92 Å². The number of para-hydroxylation sites is 1. The molecular weight excluding hydrogens is 536 g/mol. The number of fused-ring (bicyclic) bond motifs is 2. The minimum absolute atomic E-state index is 0.719. The average Bonchev–Trinajstić information content (AvgIpc) is 3.09. The van der Waals surface area contributed by atoms with E-state index in [0.29, 0.717) is 0 Å². The van der Waals surface area contributed by atoms with Gasteiger partial charge in [0.05, 0.1) is 39.4 Å². The third-order valence-electron chi connectivity index (χ3n) is 8.08. The van der Waals surface area contributed by atoms with Crippen LogP contribution in [0.15, 0.2) is 146 Å². The zero-order valence-corrected chi connectivity index (χ0v) is 24.2. The highest BCUT2D eigenvalue weighted by molar-refractivity contribution is 6.11. The van der Waals surface area contributed by atoms with Crippen molar-refractivity contribution in [2.24, 2.45) is 0 Å². The molecule has 0 radical (unpaired) electrons. The van der Waals surface area contributed by atoms with Gasteiger partial charge in [0.15, 0.2) is 5.82 Å². The van der Waals surface area contributed by atoms with Crippen molar-refractivity contribution >= 4 is 34.0 Å². The molecule has 7 aromatic rings. The molecule has 208 valence electrons. The Balaban J connectivity index is 1.32. The largest absolute Gasteiger partial charge is 0.309 e. The highest BCUT2D eigenvalue weighted by Crippen LogP contribution is 2.50. The van der Waals surface area contributed by atoms with E-state index in [-0.39, 0.29) is 0 Å². The Morgan fingerprint density at radius 1 is 0.523 bits per heavy atom. The molecule has 0 bridgehead atoms. The van der Waals surface area contributed by atoms with E-state index in [1.807, 2.05) is 25.1 Å². The smallest absolute Gasteiger partial charge is 0.152 e. The second-order valence-electron chi connectivity index (χ2n) is 10.9. The fourth-order valence-electron chi connectivity index (χ4n) is 6.10. The maximum absolute atomic E-state index is 5.19. The van der Waals surface area contributed by atoms with Gasteiger partial charge in [-0.1, -0.05) is 103 Å². The van der Waals surface area contributed by atoms with E-state index in [0.717, 1.165) is 78.7 Å². The Bertz CT molecular complexity index is 2130. The number of hydrogen-bond acceptors (Lipinski definition) is 4. The van der Waals surface area contributed by atoms with Crippen LogP contribution < -0.4 is 4.90 Å². The molecule has 5 aromatic carbocycles. The van der Waals surface area contributed by atoms with Gasteiger partial charge >= 0.3 is 0 Å². The van der Waals surface area contributed by atoms with Gasteiger partial charge in [0.1, 0.15) is 0 Å². The number of benzene rings is 5. The minimum Gasteiger partial charge on any atom is -0.309 e. The quantitative estimate of drug-likeness (QED) is 0.209. The number of pyridine rings is 1. The Morgan fingerprint density at radius 2 is 1.18 bits per heavy atom. The molecule has 44 heavy (non-hydrogen) atoms. The Kier molecular flexibility index (Phi) is 6.31. The van der Waals surface area contributed by atoms with E-state index in [9.17, 15) is 0 Å². The van der Waals surface area contributed by atoms with Crippen LogP contribution in [0.3, 0.4) is 0 Å². The summed E-state index contributed by atoms with van der Waals surface area (Å²) < 4.78 is 0. The van der Waals surface area contributed by atoms with Gasteiger partial charge in [0.2, 0.25) is 0 Å². The molecule has 0 N–H and O–H groups in total. The van der Waals surface area contributed by atoms with Crippen molar-refractivity contribution in [3.8, 4) is 44.9 Å². The summed E-state index contributed by atoms with van der Waals surface area (Å²) in [5.41, 5.74) is 12.5. The predicted molar refractivity (Wildman–Crippen MR) is 182 cm³/mol. The van der Waals surface area contributed by atoms with Crippen molar-refractivity contribution < 1.29 is 0 Å². The van der Waals surface area contributed by atoms with Crippen LogP contribution >= 0.6 is 0 Å². The minimum atomic E-state index is 0.719. The number of hydrogen-bond donors (Lipinski definition) is 0. The summed E-state index contributed by atoms with van der Waals surface area (Å²) in [5.74, 6) is 0.719. The molecule has 1 aliphatic rings. The normalized spacial score (nSPS) is 12.1. The lowest BCUT2D eigenvalue weighted by Gasteiger charge is -2.33. The van der Waals surface area contributed by atoms with Gasteiger partial charge in [-0.25, -0.2) is 15.0 Å². The van der Waals surface area contributed by atoms with Gasteiger partial charge < -0.3 is 4.90 Å². The number of rotatable bonds is 5. The van der Waals surface area contributed by atoms with Crippen molar-refractivity contribution in [3.05, 3.63) is 151 Å². The highest BCUT2D eigenvalue weighted by Gasteiger charge is 2.27. The van der Waals surface area contributed by atoms with Crippen LogP contribution in [0.5, 0.6) is 0 Å². The van der Waals surface area contributed by atoms with E-state index in [1.54, 1.807) is 0 Å². The number of nitrogens with zero attached hydrogens (tertiary/aromatic N) is 4. The standard InChI is InChI=1S/C40H28N4/c1-2-13-38-42-33-21-12-23-37-39(33)40(43-38)32-20-9-10-22-36(32)44(37)31-19-11-18-29(24-31)35-26-30(27-14-5-3-6-15-27)25-34(41-35)28-16-7-4-8-17-28/h2-26H,1H3/b13-2+. The molecule has 0 unspecified atom stereocenters. The molecule has 1 aliphatic heterocycles. The van der Waals surface area contributed by atoms with Crippen molar-refractivity contribution in [1.82, 2.24) is 15.0 Å². The number of allylic oxidation sites excluding steroid dienone is 1. The van der Waals surface area contributed by atoms with Crippen molar-refractivity contribution in [1.29, 1.82) is 0 Å². The maximum atomic E-state index is 5.19. The van der Waals surface area contributed by atoms with Gasteiger partial charge in [-0.3, -0.25) is 0 Å². The first-order valence-corrected chi connectivity index (χ1v) is 14.8. The first-order chi connectivity index (χ1) is 21.8. The third-order valence-corrected chi connectivity index (χ3v) is 8.08. The van der Waals surface area contributed by atoms with Crippen LogP contribution in [-0.2, 0) is 0 Å².